The number of nitrogens with one attached hydrogen (secondary N) is 2. The molecule has 0 atom stereocenters. The van der Waals surface area contributed by atoms with Crippen LogP contribution in [0.3, 0.4) is 0 Å². The molecule has 3 aromatic rings. The number of carbonyl (C=O) groups is 1. The van der Waals surface area contributed by atoms with E-state index in [1.165, 1.54) is 11.8 Å². The molecule has 130 valence electrons. The van der Waals surface area contributed by atoms with Crippen molar-refractivity contribution in [1.82, 2.24) is 0 Å². The van der Waals surface area contributed by atoms with Crippen molar-refractivity contribution in [3.8, 4) is 0 Å². The van der Waals surface area contributed by atoms with Crippen LogP contribution in [0.5, 0.6) is 0 Å². The van der Waals surface area contributed by atoms with E-state index >= 15 is 0 Å². The summed E-state index contributed by atoms with van der Waals surface area (Å²) in [6.45, 7) is 0. The Morgan fingerprint density at radius 2 is 1.42 bits per heavy atom. The first kappa shape index (κ1) is 18.2. The standard InChI is InChI=1S/C21H18N2OS2/c24-20(16-8-3-1-4-9-16)15-26-19-13-7-12-18(14-19)23-21(25)22-17-10-5-2-6-11-17/h1-14H,15H2,(H2,22,23,25). The zero-order valence-electron chi connectivity index (χ0n) is 14.0. The number of hydrogen-bond donors (Lipinski definition) is 2. The number of thiocarbonyl (C=S) groups is 1. The fraction of sp³-hybridized carbons (Fsp3) is 0.0476. The first-order valence-electron chi connectivity index (χ1n) is 8.15. The maximum Gasteiger partial charge on any atom is 0.175 e. The number of rotatable bonds is 6. The molecule has 0 spiro atoms. The number of thioether (sulfide) groups is 1. The summed E-state index contributed by atoms with van der Waals surface area (Å²) in [5, 5.41) is 6.84. The van der Waals surface area contributed by atoms with Gasteiger partial charge in [0.05, 0.1) is 5.75 Å². The number of para-hydroxylation sites is 1. The number of carbonyl (C=O) groups excluding carboxylic acids is 1. The summed E-state index contributed by atoms with van der Waals surface area (Å²) in [7, 11) is 0. The van der Waals surface area contributed by atoms with E-state index in [2.05, 4.69) is 10.6 Å². The second-order valence-electron chi connectivity index (χ2n) is 5.55. The Morgan fingerprint density at radius 3 is 2.15 bits per heavy atom. The van der Waals surface area contributed by atoms with E-state index < -0.39 is 0 Å². The molecule has 5 heteroatoms. The lowest BCUT2D eigenvalue weighted by molar-refractivity contribution is 0.102. The number of ketones is 1. The van der Waals surface area contributed by atoms with Gasteiger partial charge in [-0.2, -0.15) is 0 Å². The van der Waals surface area contributed by atoms with Crippen LogP contribution in [0.25, 0.3) is 0 Å². The molecule has 0 unspecified atom stereocenters. The largest absolute Gasteiger partial charge is 0.332 e. The monoisotopic (exact) mass is 378 g/mol. The molecule has 0 bridgehead atoms. The van der Waals surface area contributed by atoms with Crippen LogP contribution in [-0.2, 0) is 0 Å². The van der Waals surface area contributed by atoms with Crippen LogP contribution in [0.4, 0.5) is 11.4 Å². The van der Waals surface area contributed by atoms with Crippen LogP contribution in [0.15, 0.2) is 89.8 Å². The molecule has 0 aliphatic rings. The molecule has 0 saturated carbocycles. The van der Waals surface area contributed by atoms with Gasteiger partial charge in [0.1, 0.15) is 0 Å². The molecule has 3 nitrogen and oxygen atoms in total. The summed E-state index contributed by atoms with van der Waals surface area (Å²) in [4.78, 5) is 13.2. The highest BCUT2D eigenvalue weighted by Crippen LogP contribution is 2.23. The number of Topliss-reactive ketones (excluding diaryl/α,β-unsaturated/α-hetero) is 1. The third kappa shape index (κ3) is 5.44. The molecule has 3 rings (SSSR count). The molecular formula is C21H18N2OS2. The van der Waals surface area contributed by atoms with Gasteiger partial charge in [-0.3, -0.25) is 4.79 Å². The predicted molar refractivity (Wildman–Crippen MR) is 114 cm³/mol. The smallest absolute Gasteiger partial charge is 0.175 e. The van der Waals surface area contributed by atoms with Gasteiger partial charge in [-0.05, 0) is 42.5 Å². The molecule has 0 heterocycles. The van der Waals surface area contributed by atoms with Crippen LogP contribution in [0.2, 0.25) is 0 Å². The summed E-state index contributed by atoms with van der Waals surface area (Å²) in [6, 6.07) is 27.0. The molecule has 0 aliphatic heterocycles. The van der Waals surface area contributed by atoms with Crippen LogP contribution in [0, 0.1) is 0 Å². The number of anilines is 2. The lowest BCUT2D eigenvalue weighted by Crippen LogP contribution is -2.18. The van der Waals surface area contributed by atoms with Gasteiger partial charge in [-0.15, -0.1) is 11.8 Å². The first-order valence-corrected chi connectivity index (χ1v) is 9.54. The van der Waals surface area contributed by atoms with Gasteiger partial charge in [0.2, 0.25) is 0 Å². The van der Waals surface area contributed by atoms with Crippen LogP contribution in [-0.4, -0.2) is 16.6 Å². The zero-order valence-corrected chi connectivity index (χ0v) is 15.6. The first-order chi connectivity index (χ1) is 12.7. The topological polar surface area (TPSA) is 41.1 Å². The van der Waals surface area contributed by atoms with Crippen LogP contribution in [0.1, 0.15) is 10.4 Å². The molecule has 0 saturated heterocycles. The van der Waals surface area contributed by atoms with Gasteiger partial charge in [0, 0.05) is 21.8 Å². The third-order valence-electron chi connectivity index (χ3n) is 3.59. The Kier molecular flexibility index (Phi) is 6.41. The highest BCUT2D eigenvalue weighted by atomic mass is 32.2. The van der Waals surface area contributed by atoms with Gasteiger partial charge in [-0.1, -0.05) is 54.6 Å². The highest BCUT2D eigenvalue weighted by Gasteiger charge is 2.06. The van der Waals surface area contributed by atoms with Crippen LogP contribution >= 0.6 is 24.0 Å². The van der Waals surface area contributed by atoms with E-state index in [0.29, 0.717) is 10.9 Å². The maximum atomic E-state index is 12.2. The molecule has 3 aromatic carbocycles. The van der Waals surface area contributed by atoms with Gasteiger partial charge < -0.3 is 10.6 Å². The van der Waals surface area contributed by atoms with E-state index in [1.54, 1.807) is 0 Å². The van der Waals surface area contributed by atoms with Crippen molar-refractivity contribution in [2.24, 2.45) is 0 Å². The Balaban J connectivity index is 1.56. The van der Waals surface area contributed by atoms with Crippen molar-refractivity contribution >= 4 is 46.3 Å². The summed E-state index contributed by atoms with van der Waals surface area (Å²) >= 11 is 6.86. The summed E-state index contributed by atoms with van der Waals surface area (Å²) in [5.41, 5.74) is 2.56. The van der Waals surface area contributed by atoms with Gasteiger partial charge >= 0.3 is 0 Å². The molecule has 0 amide bonds. The Hall–Kier alpha value is -2.63. The van der Waals surface area contributed by atoms with Gasteiger partial charge in [0.15, 0.2) is 10.9 Å². The SMILES string of the molecule is O=C(CSc1cccc(NC(=S)Nc2ccccc2)c1)c1ccccc1. The van der Waals surface area contributed by atoms with E-state index in [-0.39, 0.29) is 5.78 Å². The fourth-order valence-electron chi connectivity index (χ4n) is 2.33. The molecular weight excluding hydrogens is 360 g/mol. The summed E-state index contributed by atoms with van der Waals surface area (Å²) in [5.74, 6) is 0.524. The van der Waals surface area contributed by atoms with E-state index in [1.807, 2.05) is 84.9 Å². The Morgan fingerprint density at radius 1 is 0.808 bits per heavy atom. The molecule has 0 aliphatic carbocycles. The van der Waals surface area contributed by atoms with Gasteiger partial charge in [-0.25, -0.2) is 0 Å². The molecule has 26 heavy (non-hydrogen) atoms. The predicted octanol–water partition coefficient (Wildman–Crippen LogP) is 5.47. The average Bonchev–Trinajstić information content (AvgIpc) is 2.68. The lowest BCUT2D eigenvalue weighted by Gasteiger charge is -2.11. The molecule has 0 radical (unpaired) electrons. The minimum Gasteiger partial charge on any atom is -0.332 e. The minimum absolute atomic E-state index is 0.121. The Labute approximate surface area is 162 Å². The van der Waals surface area contributed by atoms with Crippen molar-refractivity contribution in [3.05, 3.63) is 90.5 Å². The fourth-order valence-corrected chi connectivity index (χ4v) is 3.42. The van der Waals surface area contributed by atoms with Crippen molar-refractivity contribution in [2.45, 2.75) is 4.90 Å². The van der Waals surface area contributed by atoms with E-state index in [0.717, 1.165) is 21.8 Å². The molecule has 2 N–H and O–H groups in total. The minimum atomic E-state index is 0.121. The highest BCUT2D eigenvalue weighted by molar-refractivity contribution is 8.00. The van der Waals surface area contributed by atoms with Crippen molar-refractivity contribution in [2.75, 3.05) is 16.4 Å². The zero-order chi connectivity index (χ0) is 18.2. The maximum absolute atomic E-state index is 12.2. The van der Waals surface area contributed by atoms with Gasteiger partial charge in [0.25, 0.3) is 0 Å². The Bertz CT molecular complexity index is 883. The van der Waals surface area contributed by atoms with Crippen LogP contribution < -0.4 is 10.6 Å². The normalized spacial score (nSPS) is 10.2. The van der Waals surface area contributed by atoms with Crippen molar-refractivity contribution in [3.63, 3.8) is 0 Å². The van der Waals surface area contributed by atoms with E-state index in [9.17, 15) is 4.79 Å². The summed E-state index contributed by atoms with van der Waals surface area (Å²) in [6.07, 6.45) is 0. The third-order valence-corrected chi connectivity index (χ3v) is 4.79. The van der Waals surface area contributed by atoms with Crippen molar-refractivity contribution < 1.29 is 4.79 Å². The lowest BCUT2D eigenvalue weighted by atomic mass is 10.2. The number of benzene rings is 3. The van der Waals surface area contributed by atoms with E-state index in [4.69, 9.17) is 12.2 Å². The molecule has 0 fully saturated rings. The average molecular weight is 379 g/mol. The van der Waals surface area contributed by atoms with Crippen molar-refractivity contribution in [1.29, 1.82) is 0 Å². The molecule has 0 aromatic heterocycles. The second-order valence-corrected chi connectivity index (χ2v) is 7.01. The number of hydrogen-bond acceptors (Lipinski definition) is 3. The quantitative estimate of drug-likeness (QED) is 0.338. The second kappa shape index (κ2) is 9.17. The summed E-state index contributed by atoms with van der Waals surface area (Å²) < 4.78 is 0.